The van der Waals surface area contributed by atoms with Crippen LogP contribution in [0.4, 0.5) is 5.69 Å². The average molecular weight is 397 g/mol. The van der Waals surface area contributed by atoms with E-state index >= 15 is 0 Å². The van der Waals surface area contributed by atoms with E-state index in [1.54, 1.807) is 31.2 Å². The van der Waals surface area contributed by atoms with Crippen LogP contribution < -0.4 is 5.43 Å². The van der Waals surface area contributed by atoms with Gasteiger partial charge in [0.15, 0.2) is 6.10 Å². The standard InChI is InChI=1S/C23H28N2O4/c1-6-17(5)28-23(27)19-9-7-8-10-20(19)25-24-14-22(26)29-21-13-16(4)11-12-18(21)15(2)3/h1,7-10,15-18,21H,11-13H2,2-5H3/p+1/t16-,17+,18+,21-/m1/s1. The second-order valence-electron chi connectivity index (χ2n) is 7.87. The van der Waals surface area contributed by atoms with Crippen LogP contribution in [-0.4, -0.2) is 24.1 Å². The number of para-hydroxylation sites is 1. The molecule has 6 heteroatoms. The van der Waals surface area contributed by atoms with Crippen LogP contribution in [0.15, 0.2) is 24.3 Å². The number of esters is 2. The van der Waals surface area contributed by atoms with Gasteiger partial charge in [0.1, 0.15) is 11.8 Å². The van der Waals surface area contributed by atoms with Gasteiger partial charge in [0.05, 0.1) is 10.5 Å². The minimum Gasteiger partial charge on any atom is -0.448 e. The molecule has 1 N–H and O–H groups in total. The number of benzene rings is 1. The minimum atomic E-state index is -0.646. The highest BCUT2D eigenvalue weighted by atomic mass is 16.5. The van der Waals surface area contributed by atoms with Gasteiger partial charge in [-0.05, 0) is 55.1 Å². The summed E-state index contributed by atoms with van der Waals surface area (Å²) in [6.07, 6.45) is 7.53. The third-order valence-corrected chi connectivity index (χ3v) is 5.21. The third kappa shape index (κ3) is 6.54. The number of anilines is 1. The van der Waals surface area contributed by atoms with Crippen LogP contribution in [0.1, 0.15) is 57.3 Å². The second kappa shape index (κ2) is 10.5. The summed E-state index contributed by atoms with van der Waals surface area (Å²) in [6.45, 7) is 8.08. The fourth-order valence-electron chi connectivity index (χ4n) is 3.56. The minimum absolute atomic E-state index is 0.124. The van der Waals surface area contributed by atoms with Crippen molar-refractivity contribution in [2.24, 2.45) is 17.8 Å². The zero-order valence-electron chi connectivity index (χ0n) is 17.5. The van der Waals surface area contributed by atoms with Gasteiger partial charge >= 0.3 is 18.0 Å². The van der Waals surface area contributed by atoms with Crippen molar-refractivity contribution in [3.8, 4) is 18.4 Å². The molecular weight excluding hydrogens is 368 g/mol. The molecule has 29 heavy (non-hydrogen) atoms. The van der Waals surface area contributed by atoms with Crippen molar-refractivity contribution >= 4 is 17.6 Å². The van der Waals surface area contributed by atoms with Crippen molar-refractivity contribution in [3.63, 3.8) is 0 Å². The molecule has 2 rings (SSSR count). The molecule has 0 aliphatic heterocycles. The van der Waals surface area contributed by atoms with Crippen LogP contribution in [0, 0.1) is 36.2 Å². The van der Waals surface area contributed by atoms with Crippen molar-refractivity contribution in [2.45, 2.75) is 59.2 Å². The van der Waals surface area contributed by atoms with E-state index in [-0.39, 0.29) is 11.7 Å². The number of terminal acetylenes is 1. The van der Waals surface area contributed by atoms with Crippen molar-refractivity contribution in [1.82, 2.24) is 0 Å². The Balaban J connectivity index is 2.01. The normalized spacial score (nSPS) is 21.9. The molecule has 0 unspecified atom stereocenters. The van der Waals surface area contributed by atoms with Crippen LogP contribution in [0.2, 0.25) is 0 Å². The predicted molar refractivity (Wildman–Crippen MR) is 112 cm³/mol. The Kier molecular flexibility index (Phi) is 8.09. The van der Waals surface area contributed by atoms with Crippen molar-refractivity contribution in [2.75, 3.05) is 5.43 Å². The van der Waals surface area contributed by atoms with Crippen LogP contribution in [0.3, 0.4) is 0 Å². The number of nitrogens with one attached hydrogen (secondary N) is 1. The fourth-order valence-corrected chi connectivity index (χ4v) is 3.56. The van der Waals surface area contributed by atoms with E-state index in [9.17, 15) is 9.59 Å². The summed E-state index contributed by atoms with van der Waals surface area (Å²) in [5.74, 6) is 2.46. The van der Waals surface area contributed by atoms with Crippen LogP contribution >= 0.6 is 0 Å². The average Bonchev–Trinajstić information content (AvgIpc) is 2.68. The number of carbonyl (C=O) groups is 2. The van der Waals surface area contributed by atoms with E-state index < -0.39 is 18.0 Å². The summed E-state index contributed by atoms with van der Waals surface area (Å²) in [4.78, 5) is 28.2. The Morgan fingerprint density at radius 2 is 1.97 bits per heavy atom. The van der Waals surface area contributed by atoms with Gasteiger partial charge < -0.3 is 9.47 Å². The Bertz CT molecular complexity index is 831. The van der Waals surface area contributed by atoms with E-state index in [1.165, 1.54) is 0 Å². The Hall–Kier alpha value is -2.99. The molecule has 4 atom stereocenters. The summed E-state index contributed by atoms with van der Waals surface area (Å²) in [7, 11) is 0. The Morgan fingerprint density at radius 3 is 2.66 bits per heavy atom. The van der Waals surface area contributed by atoms with Crippen molar-refractivity contribution in [3.05, 3.63) is 34.8 Å². The maximum absolute atomic E-state index is 12.2. The van der Waals surface area contributed by atoms with Gasteiger partial charge in [0, 0.05) is 0 Å². The molecule has 1 saturated carbocycles. The van der Waals surface area contributed by atoms with E-state index in [0.29, 0.717) is 23.4 Å². The molecule has 0 radical (unpaired) electrons. The zero-order chi connectivity index (χ0) is 21.4. The highest BCUT2D eigenvalue weighted by Gasteiger charge is 2.34. The topological polar surface area (TPSA) is 69.0 Å². The van der Waals surface area contributed by atoms with Gasteiger partial charge in [-0.3, -0.25) is 0 Å². The number of nitrogens with zero attached hydrogens (tertiary/aromatic N) is 1. The van der Waals surface area contributed by atoms with Gasteiger partial charge in [0.2, 0.25) is 0 Å². The SMILES string of the molecule is C#C[C@H](C)OC(=O)c1ccccc1N[N+]#CC(=O)O[C@@H]1C[C@H](C)CC[C@H]1C(C)C. The molecule has 0 saturated heterocycles. The predicted octanol–water partition coefficient (Wildman–Crippen LogP) is 4.53. The number of rotatable bonds is 5. The first-order chi connectivity index (χ1) is 13.8. The van der Waals surface area contributed by atoms with Gasteiger partial charge in [0.25, 0.3) is 0 Å². The van der Waals surface area contributed by atoms with Gasteiger partial charge in [-0.15, -0.1) is 6.42 Å². The van der Waals surface area contributed by atoms with Gasteiger partial charge in [-0.2, -0.15) is 0 Å². The zero-order valence-corrected chi connectivity index (χ0v) is 17.5. The molecule has 0 amide bonds. The Labute approximate surface area is 172 Å². The molecule has 0 bridgehead atoms. The lowest BCUT2D eigenvalue weighted by Crippen LogP contribution is -2.35. The lowest BCUT2D eigenvalue weighted by molar-refractivity contribution is -0.148. The van der Waals surface area contributed by atoms with Gasteiger partial charge in [-0.1, -0.05) is 45.2 Å². The molecule has 0 aromatic heterocycles. The smallest absolute Gasteiger partial charge is 0.448 e. The first-order valence-electron chi connectivity index (χ1n) is 10.00. The largest absolute Gasteiger partial charge is 0.463 e. The summed E-state index contributed by atoms with van der Waals surface area (Å²) >= 11 is 0. The molecule has 1 fully saturated rings. The molecule has 1 aromatic rings. The molecule has 154 valence electrons. The number of ether oxygens (including phenoxy) is 2. The van der Waals surface area contributed by atoms with E-state index in [2.05, 4.69) is 43.1 Å². The number of carbonyl (C=O) groups excluding carboxylic acids is 2. The monoisotopic (exact) mass is 397 g/mol. The fraction of sp³-hybridized carbons (Fsp3) is 0.522. The quantitative estimate of drug-likeness (QED) is 0.342. The number of hydrogen-bond donors (Lipinski definition) is 1. The lowest BCUT2D eigenvalue weighted by Gasteiger charge is -2.35. The summed E-state index contributed by atoms with van der Waals surface area (Å²) in [5, 5.41) is 0. The first-order valence-corrected chi connectivity index (χ1v) is 10.00. The van der Waals surface area contributed by atoms with E-state index in [1.807, 2.05) is 0 Å². The first kappa shape index (κ1) is 22.3. The Morgan fingerprint density at radius 1 is 1.24 bits per heavy atom. The van der Waals surface area contributed by atoms with Crippen LogP contribution in [-0.2, 0) is 14.3 Å². The van der Waals surface area contributed by atoms with Gasteiger partial charge in [-0.25, -0.2) is 9.59 Å². The van der Waals surface area contributed by atoms with Crippen LogP contribution in [0.5, 0.6) is 0 Å². The maximum atomic E-state index is 12.2. The lowest BCUT2D eigenvalue weighted by atomic mass is 9.75. The second-order valence-corrected chi connectivity index (χ2v) is 7.87. The molecule has 0 spiro atoms. The van der Waals surface area contributed by atoms with Crippen LogP contribution in [0.25, 0.3) is 4.95 Å². The maximum Gasteiger partial charge on any atom is 0.463 e. The molecule has 6 nitrogen and oxygen atoms in total. The highest BCUT2D eigenvalue weighted by Crippen LogP contribution is 2.35. The summed E-state index contributed by atoms with van der Waals surface area (Å²) in [6, 6.07) is 8.99. The number of hydrogen-bond acceptors (Lipinski definition) is 5. The molecule has 1 aliphatic carbocycles. The molecule has 1 aromatic carbocycles. The summed E-state index contributed by atoms with van der Waals surface area (Å²) < 4.78 is 10.8. The van der Waals surface area contributed by atoms with E-state index in [4.69, 9.17) is 15.9 Å². The molecule has 0 heterocycles. The third-order valence-electron chi connectivity index (χ3n) is 5.21. The van der Waals surface area contributed by atoms with Crippen molar-refractivity contribution < 1.29 is 19.1 Å². The van der Waals surface area contributed by atoms with Crippen molar-refractivity contribution in [1.29, 1.82) is 0 Å². The summed E-state index contributed by atoms with van der Waals surface area (Å²) in [5.41, 5.74) is 3.30. The van der Waals surface area contributed by atoms with E-state index in [0.717, 1.165) is 19.3 Å². The highest BCUT2D eigenvalue weighted by molar-refractivity contribution is 5.96. The molecule has 1 aliphatic rings. The molecular formula is C23H29N2O4+.